The molecule has 2 atom stereocenters. The van der Waals surface area contributed by atoms with E-state index in [1.165, 1.54) is 28.8 Å². The van der Waals surface area contributed by atoms with E-state index < -0.39 is 40.8 Å². The van der Waals surface area contributed by atoms with Gasteiger partial charge >= 0.3 is 5.69 Å². The molecule has 2 N–H and O–H groups in total. The van der Waals surface area contributed by atoms with Gasteiger partial charge in [0.25, 0.3) is 5.56 Å². The molecule has 9 heteroatoms. The fourth-order valence-electron chi connectivity index (χ4n) is 4.40. The highest BCUT2D eigenvalue weighted by molar-refractivity contribution is 7.99. The average Bonchev–Trinajstić information content (AvgIpc) is 3.28. The minimum atomic E-state index is -1.02. The molecular weight excluding hydrogens is 475 g/mol. The van der Waals surface area contributed by atoms with Crippen LogP contribution in [0.1, 0.15) is 23.2 Å². The van der Waals surface area contributed by atoms with Gasteiger partial charge in [0.15, 0.2) is 0 Å². The van der Waals surface area contributed by atoms with Crippen molar-refractivity contribution in [3.8, 4) is 11.1 Å². The first-order chi connectivity index (χ1) is 16.9. The normalized spacial score (nSPS) is 15.7. The Bertz CT molecular complexity index is 1520. The van der Waals surface area contributed by atoms with Crippen molar-refractivity contribution in [3.05, 3.63) is 122 Å². The zero-order chi connectivity index (χ0) is 24.7. The second kappa shape index (κ2) is 9.24. The smallest absolute Gasteiger partial charge is 0.322 e. The van der Waals surface area contributed by atoms with Crippen molar-refractivity contribution >= 4 is 11.8 Å². The van der Waals surface area contributed by atoms with Crippen molar-refractivity contribution < 1.29 is 13.2 Å². The van der Waals surface area contributed by atoms with Gasteiger partial charge in [0.2, 0.25) is 0 Å². The van der Waals surface area contributed by atoms with Crippen molar-refractivity contribution in [2.45, 2.75) is 23.7 Å². The number of fused-ring (bicyclic) bond motifs is 1. The first kappa shape index (κ1) is 23.2. The van der Waals surface area contributed by atoms with E-state index in [1.54, 1.807) is 30.3 Å². The van der Waals surface area contributed by atoms with E-state index in [0.717, 1.165) is 28.5 Å². The Hall–Kier alpha value is -3.56. The van der Waals surface area contributed by atoms with Crippen LogP contribution in [0.2, 0.25) is 0 Å². The topological polar surface area (TPSA) is 70.0 Å². The van der Waals surface area contributed by atoms with Crippen molar-refractivity contribution in [2.75, 3.05) is 5.75 Å². The summed E-state index contributed by atoms with van der Waals surface area (Å²) < 4.78 is 46.4. The Morgan fingerprint density at radius 2 is 1.51 bits per heavy atom. The van der Waals surface area contributed by atoms with Crippen LogP contribution < -0.4 is 17.0 Å². The van der Waals surface area contributed by atoms with Crippen molar-refractivity contribution in [1.29, 1.82) is 0 Å². The fraction of sp³-hybridized carbons (Fsp3) is 0.154. The Morgan fingerprint density at radius 1 is 0.886 bits per heavy atom. The highest BCUT2D eigenvalue weighted by Gasteiger charge is 2.35. The average molecular weight is 496 g/mol. The molecule has 1 aliphatic rings. The zero-order valence-corrected chi connectivity index (χ0v) is 19.1. The van der Waals surface area contributed by atoms with E-state index in [-0.39, 0.29) is 34.0 Å². The van der Waals surface area contributed by atoms with Crippen LogP contribution in [0.5, 0.6) is 0 Å². The number of benzene rings is 3. The third-order valence-electron chi connectivity index (χ3n) is 6.10. The van der Waals surface area contributed by atoms with Gasteiger partial charge in [-0.3, -0.25) is 13.9 Å². The Morgan fingerprint density at radius 3 is 2.20 bits per heavy atom. The van der Waals surface area contributed by atoms with Gasteiger partial charge in [-0.15, -0.1) is 11.8 Å². The van der Waals surface area contributed by atoms with Crippen LogP contribution in [0.25, 0.3) is 11.1 Å². The van der Waals surface area contributed by atoms with Crippen molar-refractivity contribution in [1.82, 2.24) is 9.13 Å². The van der Waals surface area contributed by atoms with E-state index in [0.29, 0.717) is 5.56 Å². The standard InChI is InChI=1S/C26H20F3N3O2S/c27-17-10-5-4-9-16(17)22-24(33)31(13-20(30)15-7-2-1-3-8-15)26(34)32-21(14-35-25(22)32)23-18(28)11-6-12-19(23)29/h1-12,20-21H,13-14,30H2. The maximum Gasteiger partial charge on any atom is 0.332 e. The highest BCUT2D eigenvalue weighted by Crippen LogP contribution is 2.41. The van der Waals surface area contributed by atoms with E-state index in [9.17, 15) is 22.8 Å². The summed E-state index contributed by atoms with van der Waals surface area (Å²) in [6, 6.07) is 16.4. The van der Waals surface area contributed by atoms with E-state index in [4.69, 9.17) is 5.73 Å². The first-order valence-corrected chi connectivity index (χ1v) is 11.9. The summed E-state index contributed by atoms with van der Waals surface area (Å²) >= 11 is 1.09. The monoisotopic (exact) mass is 495 g/mol. The lowest BCUT2D eigenvalue weighted by Crippen LogP contribution is -2.44. The van der Waals surface area contributed by atoms with Gasteiger partial charge in [-0.2, -0.15) is 0 Å². The van der Waals surface area contributed by atoms with Gasteiger partial charge in [0, 0.05) is 22.9 Å². The van der Waals surface area contributed by atoms with E-state index >= 15 is 0 Å². The van der Waals surface area contributed by atoms with Gasteiger partial charge in [0.1, 0.15) is 17.5 Å². The lowest BCUT2D eigenvalue weighted by molar-refractivity contribution is 0.452. The van der Waals surface area contributed by atoms with Crippen LogP contribution in [0.15, 0.2) is 87.4 Å². The quantitative estimate of drug-likeness (QED) is 0.415. The van der Waals surface area contributed by atoms with E-state index in [2.05, 4.69) is 0 Å². The van der Waals surface area contributed by atoms with Crippen LogP contribution in [0, 0.1) is 17.5 Å². The first-order valence-electron chi connectivity index (χ1n) is 10.9. The predicted molar refractivity (Wildman–Crippen MR) is 129 cm³/mol. The molecule has 0 aliphatic carbocycles. The summed E-state index contributed by atoms with van der Waals surface area (Å²) in [6.45, 7) is -0.194. The molecule has 2 heterocycles. The molecule has 0 saturated carbocycles. The molecule has 0 saturated heterocycles. The summed E-state index contributed by atoms with van der Waals surface area (Å²) in [4.78, 5) is 27.3. The van der Waals surface area contributed by atoms with Gasteiger partial charge in [-0.05, 0) is 23.8 Å². The number of nitrogens with zero attached hydrogens (tertiary/aromatic N) is 2. The molecule has 0 amide bonds. The third-order valence-corrected chi connectivity index (χ3v) is 7.26. The minimum Gasteiger partial charge on any atom is -0.322 e. The van der Waals surface area contributed by atoms with Crippen LogP contribution in [0.4, 0.5) is 13.2 Å². The summed E-state index contributed by atoms with van der Waals surface area (Å²) in [7, 11) is 0. The molecule has 4 aromatic rings. The van der Waals surface area contributed by atoms with Crippen LogP contribution in [-0.2, 0) is 6.54 Å². The molecular formula is C26H20F3N3O2S. The molecule has 0 bridgehead atoms. The second-order valence-electron chi connectivity index (χ2n) is 8.21. The number of thioether (sulfide) groups is 1. The van der Waals surface area contributed by atoms with Crippen molar-refractivity contribution in [3.63, 3.8) is 0 Å². The second-order valence-corrected chi connectivity index (χ2v) is 9.22. The SMILES string of the molecule is NC(Cn1c(=O)c(-c2ccccc2F)c2n(c1=O)C(c1c(F)cccc1F)CS2)c1ccccc1. The van der Waals surface area contributed by atoms with E-state index in [1.807, 2.05) is 6.07 Å². The summed E-state index contributed by atoms with van der Waals surface area (Å²) in [5, 5.41) is 0.169. The van der Waals surface area contributed by atoms with Crippen molar-refractivity contribution in [2.24, 2.45) is 5.73 Å². The maximum atomic E-state index is 14.8. The minimum absolute atomic E-state index is 0.00504. The number of hydrogen-bond acceptors (Lipinski definition) is 4. The number of hydrogen-bond donors (Lipinski definition) is 1. The molecule has 35 heavy (non-hydrogen) atoms. The fourth-order valence-corrected chi connectivity index (χ4v) is 5.72. The molecule has 5 nitrogen and oxygen atoms in total. The molecule has 0 fully saturated rings. The number of nitrogens with two attached hydrogens (primary N) is 1. The predicted octanol–water partition coefficient (Wildman–Crippen LogP) is 4.49. The third kappa shape index (κ3) is 4.00. The summed E-state index contributed by atoms with van der Waals surface area (Å²) in [5.74, 6) is -2.16. The Labute approximate surface area is 202 Å². The number of rotatable bonds is 5. The molecule has 0 radical (unpaired) electrons. The summed E-state index contributed by atoms with van der Waals surface area (Å²) in [6.07, 6.45) is 0. The lowest BCUT2D eigenvalue weighted by Gasteiger charge is -2.21. The molecule has 1 aliphatic heterocycles. The molecule has 3 aromatic carbocycles. The maximum absolute atomic E-state index is 14.8. The molecule has 1 aromatic heterocycles. The van der Waals surface area contributed by atoms with Crippen LogP contribution in [-0.4, -0.2) is 14.9 Å². The van der Waals surface area contributed by atoms with Crippen LogP contribution in [0.3, 0.4) is 0 Å². The Balaban J connectivity index is 1.77. The largest absolute Gasteiger partial charge is 0.332 e. The number of halogens is 3. The van der Waals surface area contributed by atoms with Crippen LogP contribution >= 0.6 is 11.8 Å². The number of aromatic nitrogens is 2. The van der Waals surface area contributed by atoms with Gasteiger partial charge < -0.3 is 5.73 Å². The molecule has 2 unspecified atom stereocenters. The van der Waals surface area contributed by atoms with Gasteiger partial charge in [-0.1, -0.05) is 54.6 Å². The lowest BCUT2D eigenvalue weighted by atomic mass is 10.0. The molecule has 5 rings (SSSR count). The molecule has 178 valence electrons. The summed E-state index contributed by atoms with van der Waals surface area (Å²) in [5.41, 5.74) is 5.24. The zero-order valence-electron chi connectivity index (χ0n) is 18.3. The van der Waals surface area contributed by atoms with Gasteiger partial charge in [0.05, 0.1) is 23.2 Å². The highest BCUT2D eigenvalue weighted by atomic mass is 32.2. The molecule has 0 spiro atoms. The Kier molecular flexibility index (Phi) is 6.12. The van der Waals surface area contributed by atoms with Gasteiger partial charge in [-0.25, -0.2) is 18.0 Å².